The molecule has 1 atom stereocenters. The van der Waals surface area contributed by atoms with Crippen LogP contribution in [0.4, 0.5) is 4.79 Å². The lowest BCUT2D eigenvalue weighted by molar-refractivity contribution is -0.140. The van der Waals surface area contributed by atoms with E-state index in [2.05, 4.69) is 10.3 Å². The molecule has 148 valence electrons. The predicted molar refractivity (Wildman–Crippen MR) is 107 cm³/mol. The number of imide groups is 1. The topological polar surface area (TPSA) is 102 Å². The molecule has 4 rings (SSSR count). The Balaban J connectivity index is 1.61. The Kier molecular flexibility index (Phi) is 4.80. The van der Waals surface area contributed by atoms with Crippen LogP contribution in [0.25, 0.3) is 10.9 Å². The molecule has 1 aromatic heterocycles. The highest BCUT2D eigenvalue weighted by atomic mass is 16.4. The maximum Gasteiger partial charge on any atom is 0.405 e. The molecular weight excluding hydrogens is 370 g/mol. The fourth-order valence-electron chi connectivity index (χ4n) is 4.00. The highest BCUT2D eigenvalue weighted by Gasteiger charge is 2.52. The van der Waals surface area contributed by atoms with Crippen molar-refractivity contribution in [1.29, 1.82) is 0 Å². The number of likely N-dealkylation sites (tertiary alicyclic amines) is 1. The number of nitrogens with zero attached hydrogens (tertiary/aromatic N) is 1. The van der Waals surface area contributed by atoms with E-state index >= 15 is 0 Å². The Morgan fingerprint density at radius 2 is 1.83 bits per heavy atom. The van der Waals surface area contributed by atoms with E-state index in [-0.39, 0.29) is 25.3 Å². The summed E-state index contributed by atoms with van der Waals surface area (Å²) in [5, 5.41) is 12.6. The second kappa shape index (κ2) is 7.43. The van der Waals surface area contributed by atoms with E-state index in [1.165, 1.54) is 4.90 Å². The number of carboxylic acid groups (broad SMARTS) is 1. The summed E-state index contributed by atoms with van der Waals surface area (Å²) in [7, 11) is 0. The van der Waals surface area contributed by atoms with Gasteiger partial charge in [0.1, 0.15) is 5.54 Å². The van der Waals surface area contributed by atoms with Crippen LogP contribution in [0, 0.1) is 0 Å². The number of hydrogen-bond acceptors (Lipinski definition) is 3. The molecule has 2 aromatic carbocycles. The second-order valence-corrected chi connectivity index (χ2v) is 7.31. The van der Waals surface area contributed by atoms with Gasteiger partial charge in [-0.25, -0.2) is 4.79 Å². The Hall–Kier alpha value is -3.61. The highest BCUT2D eigenvalue weighted by molar-refractivity contribution is 6.10. The molecule has 7 nitrogen and oxygen atoms in total. The number of benzene rings is 2. The molecule has 1 aliphatic heterocycles. The fourth-order valence-corrected chi connectivity index (χ4v) is 4.00. The van der Waals surface area contributed by atoms with Gasteiger partial charge in [0.15, 0.2) is 0 Å². The Morgan fingerprint density at radius 1 is 1.10 bits per heavy atom. The largest absolute Gasteiger partial charge is 0.465 e. The van der Waals surface area contributed by atoms with Gasteiger partial charge in [-0.3, -0.25) is 14.5 Å². The van der Waals surface area contributed by atoms with Crippen LogP contribution in [0.1, 0.15) is 17.5 Å². The van der Waals surface area contributed by atoms with E-state index in [0.717, 1.165) is 22.0 Å². The monoisotopic (exact) mass is 391 g/mol. The van der Waals surface area contributed by atoms with Crippen LogP contribution in [-0.2, 0) is 22.4 Å². The van der Waals surface area contributed by atoms with Gasteiger partial charge in [0, 0.05) is 30.1 Å². The zero-order chi connectivity index (χ0) is 20.4. The third kappa shape index (κ3) is 3.59. The van der Waals surface area contributed by atoms with Gasteiger partial charge in [-0.2, -0.15) is 0 Å². The zero-order valence-electron chi connectivity index (χ0n) is 15.7. The number of amides is 3. The normalized spacial score (nSPS) is 19.1. The summed E-state index contributed by atoms with van der Waals surface area (Å²) in [6.45, 7) is 0.221. The molecule has 29 heavy (non-hydrogen) atoms. The smallest absolute Gasteiger partial charge is 0.405 e. The van der Waals surface area contributed by atoms with E-state index in [1.807, 2.05) is 54.6 Å². The third-order valence-corrected chi connectivity index (χ3v) is 5.39. The fraction of sp³-hybridized carbons (Fsp3) is 0.227. The minimum Gasteiger partial charge on any atom is -0.465 e. The first-order valence-electron chi connectivity index (χ1n) is 9.43. The number of fused-ring (bicyclic) bond motifs is 1. The first-order valence-corrected chi connectivity index (χ1v) is 9.43. The van der Waals surface area contributed by atoms with Gasteiger partial charge >= 0.3 is 6.09 Å². The minimum absolute atomic E-state index is 0.107. The molecule has 1 unspecified atom stereocenters. The van der Waals surface area contributed by atoms with Crippen molar-refractivity contribution in [3.63, 3.8) is 0 Å². The van der Waals surface area contributed by atoms with Gasteiger partial charge in [-0.1, -0.05) is 48.5 Å². The lowest BCUT2D eigenvalue weighted by Crippen LogP contribution is -2.55. The molecule has 0 spiro atoms. The third-order valence-electron chi connectivity index (χ3n) is 5.39. The van der Waals surface area contributed by atoms with Crippen molar-refractivity contribution < 1.29 is 19.5 Å². The van der Waals surface area contributed by atoms with Gasteiger partial charge in [-0.15, -0.1) is 0 Å². The molecule has 1 fully saturated rings. The lowest BCUT2D eigenvalue weighted by Gasteiger charge is -2.26. The molecular formula is C22H21N3O4. The molecule has 0 aliphatic carbocycles. The average molecular weight is 391 g/mol. The molecule has 3 amide bonds. The number of nitrogens with one attached hydrogen (secondary N) is 2. The predicted octanol–water partition coefficient (Wildman–Crippen LogP) is 2.72. The lowest BCUT2D eigenvalue weighted by atomic mass is 9.89. The van der Waals surface area contributed by atoms with Crippen molar-refractivity contribution in [2.45, 2.75) is 24.8 Å². The van der Waals surface area contributed by atoms with Crippen LogP contribution in [0.5, 0.6) is 0 Å². The first kappa shape index (κ1) is 18.7. The molecule has 0 saturated carbocycles. The van der Waals surface area contributed by atoms with Gasteiger partial charge < -0.3 is 15.4 Å². The molecule has 0 bridgehead atoms. The molecule has 3 N–H and O–H groups in total. The summed E-state index contributed by atoms with van der Waals surface area (Å²) < 4.78 is 0. The van der Waals surface area contributed by atoms with Gasteiger partial charge in [0.25, 0.3) is 5.91 Å². The number of hydrogen-bond donors (Lipinski definition) is 3. The van der Waals surface area contributed by atoms with Crippen molar-refractivity contribution in [3.8, 4) is 0 Å². The Morgan fingerprint density at radius 3 is 2.59 bits per heavy atom. The van der Waals surface area contributed by atoms with Crippen molar-refractivity contribution in [2.24, 2.45) is 0 Å². The van der Waals surface area contributed by atoms with Crippen molar-refractivity contribution in [3.05, 3.63) is 71.9 Å². The van der Waals surface area contributed by atoms with E-state index < -0.39 is 17.5 Å². The first-order chi connectivity index (χ1) is 14.0. The molecule has 0 radical (unpaired) electrons. The molecule has 1 saturated heterocycles. The number of carbonyl (C=O) groups is 3. The van der Waals surface area contributed by atoms with Crippen LogP contribution >= 0.6 is 0 Å². The standard InChI is InChI=1S/C22H21N3O4/c26-19-13-22(24-21(28)29,12-16-14-23-18-9-5-4-8-17(16)18)20(27)25(19)11-10-15-6-2-1-3-7-15/h1-9,14,23-24H,10-13H2,(H,28,29). The van der Waals surface area contributed by atoms with Crippen molar-refractivity contribution in [2.75, 3.05) is 6.54 Å². The van der Waals surface area contributed by atoms with E-state index in [0.29, 0.717) is 6.42 Å². The SMILES string of the molecule is O=C(O)NC1(Cc2c[nH]c3ccccc23)CC(=O)N(CCc2ccccc2)C1=O. The number of carbonyl (C=O) groups excluding carboxylic acids is 2. The summed E-state index contributed by atoms with van der Waals surface area (Å²) in [5.41, 5.74) is 1.20. The zero-order valence-corrected chi connectivity index (χ0v) is 15.7. The Labute approximate surface area is 167 Å². The van der Waals surface area contributed by atoms with Crippen LogP contribution in [0.3, 0.4) is 0 Å². The molecule has 2 heterocycles. The molecule has 1 aliphatic rings. The van der Waals surface area contributed by atoms with E-state index in [9.17, 15) is 19.5 Å². The Bertz CT molecular complexity index is 1080. The second-order valence-electron chi connectivity index (χ2n) is 7.31. The van der Waals surface area contributed by atoms with Crippen molar-refractivity contribution >= 4 is 28.8 Å². The minimum atomic E-state index is -1.50. The quantitative estimate of drug-likeness (QED) is 0.562. The average Bonchev–Trinajstić information content (AvgIpc) is 3.20. The number of para-hydroxylation sites is 1. The van der Waals surface area contributed by atoms with Crippen LogP contribution < -0.4 is 5.32 Å². The summed E-state index contributed by atoms with van der Waals surface area (Å²) >= 11 is 0. The van der Waals surface area contributed by atoms with E-state index in [1.54, 1.807) is 6.20 Å². The van der Waals surface area contributed by atoms with Crippen LogP contribution in [-0.4, -0.2) is 45.0 Å². The van der Waals surface area contributed by atoms with E-state index in [4.69, 9.17) is 0 Å². The molecule has 3 aromatic rings. The molecule has 7 heteroatoms. The maximum absolute atomic E-state index is 13.2. The number of H-pyrrole nitrogens is 1. The number of rotatable bonds is 6. The van der Waals surface area contributed by atoms with Crippen LogP contribution in [0.2, 0.25) is 0 Å². The van der Waals surface area contributed by atoms with Gasteiger partial charge in [0.05, 0.1) is 6.42 Å². The van der Waals surface area contributed by atoms with Gasteiger partial charge in [-0.05, 0) is 23.6 Å². The number of aromatic nitrogens is 1. The highest BCUT2D eigenvalue weighted by Crippen LogP contribution is 2.31. The van der Waals surface area contributed by atoms with Crippen molar-refractivity contribution in [1.82, 2.24) is 15.2 Å². The summed E-state index contributed by atoms with van der Waals surface area (Å²) in [6.07, 6.45) is 0.882. The summed E-state index contributed by atoms with van der Waals surface area (Å²) in [4.78, 5) is 41.7. The summed E-state index contributed by atoms with van der Waals surface area (Å²) in [5.74, 6) is -0.856. The summed E-state index contributed by atoms with van der Waals surface area (Å²) in [6, 6.07) is 17.1. The van der Waals surface area contributed by atoms with Gasteiger partial charge in [0.2, 0.25) is 5.91 Å². The maximum atomic E-state index is 13.2. The number of aromatic amines is 1. The van der Waals surface area contributed by atoms with Crippen LogP contribution in [0.15, 0.2) is 60.8 Å².